The number of alkyl halides is 4. The highest BCUT2D eigenvalue weighted by Crippen LogP contribution is 2.66. The third kappa shape index (κ3) is 16.3. The van der Waals surface area contributed by atoms with Crippen LogP contribution in [-0.2, 0) is 68.7 Å². The highest BCUT2D eigenvalue weighted by Gasteiger charge is 2.58. The number of benzene rings is 5. The summed E-state index contributed by atoms with van der Waals surface area (Å²) in [5.74, 6) is -4.97. The van der Waals surface area contributed by atoms with Crippen LogP contribution in [-0.4, -0.2) is 178 Å². The first kappa shape index (κ1) is 72.0. The molecule has 0 saturated carbocycles. The number of rotatable bonds is 18. The van der Waals surface area contributed by atoms with Crippen molar-refractivity contribution in [3.8, 4) is 11.5 Å². The number of nitrogens with zero attached hydrogens (tertiary/aromatic N) is 5. The van der Waals surface area contributed by atoms with Gasteiger partial charge in [0.2, 0.25) is 41.4 Å². The van der Waals surface area contributed by atoms with Gasteiger partial charge in [0.05, 0.1) is 17.5 Å². The van der Waals surface area contributed by atoms with Gasteiger partial charge in [-0.2, -0.15) is 8.78 Å². The fraction of sp³-hybridized carbons (Fsp3) is 0.444. The Morgan fingerprint density at radius 1 is 0.752 bits per heavy atom. The van der Waals surface area contributed by atoms with E-state index in [1.807, 2.05) is 36.4 Å². The van der Waals surface area contributed by atoms with Crippen LogP contribution in [0.1, 0.15) is 115 Å². The van der Waals surface area contributed by atoms with Crippen LogP contribution in [0.25, 0.3) is 10.1 Å². The van der Waals surface area contributed by atoms with Gasteiger partial charge in [-0.15, -0.1) is 11.3 Å². The number of fused-ring (bicyclic) bond motifs is 5. The smallest absolute Gasteiger partial charge is 0.412 e. The zero-order chi connectivity index (χ0) is 71.5. The third-order valence-electron chi connectivity index (χ3n) is 19.6. The Kier molecular flexibility index (Phi) is 21.7. The Hall–Kier alpha value is -8.79. The Morgan fingerprint density at radius 3 is 2.16 bits per heavy atom. The summed E-state index contributed by atoms with van der Waals surface area (Å²) in [5, 5.41) is 28.7. The largest absolute Gasteiger partial charge is 0.504 e. The number of nitrogens with one attached hydrogen (secondary N) is 6. The lowest BCUT2D eigenvalue weighted by Crippen LogP contribution is -2.62. The van der Waals surface area contributed by atoms with Gasteiger partial charge in [0.1, 0.15) is 41.9 Å². The second-order valence-corrected chi connectivity index (χ2v) is 30.5. The number of amides is 8. The van der Waals surface area contributed by atoms with Crippen LogP contribution >= 0.6 is 18.9 Å². The summed E-state index contributed by atoms with van der Waals surface area (Å²) in [6, 6.07) is 24.1. The van der Waals surface area contributed by atoms with E-state index in [0.717, 1.165) is 45.8 Å². The van der Waals surface area contributed by atoms with E-state index in [9.17, 15) is 52.0 Å². The van der Waals surface area contributed by atoms with Crippen LogP contribution in [0.5, 0.6) is 11.5 Å². The Balaban J connectivity index is 0.734. The number of halogens is 4. The van der Waals surface area contributed by atoms with Gasteiger partial charge < -0.3 is 50.5 Å². The number of aliphatic hydroxyl groups is 1. The zero-order valence-electron chi connectivity index (χ0n) is 56.1. The van der Waals surface area contributed by atoms with Crippen LogP contribution < -0.4 is 40.9 Å². The van der Waals surface area contributed by atoms with Crippen LogP contribution in [0.3, 0.4) is 0 Å². The lowest BCUT2D eigenvalue weighted by atomic mass is 9.82. The van der Waals surface area contributed by atoms with Crippen LogP contribution in [0, 0.1) is 0 Å². The minimum Gasteiger partial charge on any atom is -0.412 e. The van der Waals surface area contributed by atoms with Crippen molar-refractivity contribution in [3.05, 3.63) is 160 Å². The van der Waals surface area contributed by atoms with Gasteiger partial charge in [0.15, 0.2) is 0 Å². The molecule has 4 fully saturated rings. The lowest BCUT2D eigenvalue weighted by Gasteiger charge is -2.39. The maximum Gasteiger partial charge on any atom is 0.504 e. The van der Waals surface area contributed by atoms with Gasteiger partial charge in [-0.1, -0.05) is 93.6 Å². The van der Waals surface area contributed by atoms with Crippen molar-refractivity contribution >= 4 is 82.0 Å². The number of aliphatic hydroxyl groups excluding tert-OH is 1. The van der Waals surface area contributed by atoms with Crippen molar-refractivity contribution in [3.63, 3.8) is 0 Å². The maximum atomic E-state index is 16.8. The molecule has 5 aromatic carbocycles. The number of thiophene rings is 1. The summed E-state index contributed by atoms with van der Waals surface area (Å²) >= 11 is 0.892. The van der Waals surface area contributed by atoms with Crippen molar-refractivity contribution < 1.29 is 74.6 Å². The third-order valence-corrected chi connectivity index (χ3v) is 22.6. The molecule has 6 aliphatic rings. The molecule has 6 aliphatic heterocycles. The van der Waals surface area contributed by atoms with Crippen molar-refractivity contribution in [1.29, 1.82) is 0 Å². The molecule has 0 radical (unpaired) electrons. The first-order valence-corrected chi connectivity index (χ1v) is 36.4. The first-order chi connectivity index (χ1) is 48.3. The van der Waals surface area contributed by atoms with Gasteiger partial charge in [-0.3, -0.25) is 58.4 Å². The fourth-order valence-corrected chi connectivity index (χ4v) is 16.9. The van der Waals surface area contributed by atoms with Crippen LogP contribution in [0.4, 0.5) is 23.2 Å². The summed E-state index contributed by atoms with van der Waals surface area (Å²) in [6.07, 6.45) is -3.25. The molecule has 6 aromatic rings. The van der Waals surface area contributed by atoms with Crippen molar-refractivity contribution in [2.24, 2.45) is 0 Å². The van der Waals surface area contributed by atoms with E-state index in [1.54, 1.807) is 21.9 Å². The molecule has 29 heteroatoms. The number of anilines is 1. The van der Waals surface area contributed by atoms with E-state index in [0.29, 0.717) is 68.1 Å². The minimum atomic E-state index is -5.43. The molecule has 7 atom stereocenters. The molecular formula is C72H82F4N11O12PS. The molecule has 1 aromatic heterocycles. The number of hydrogen-bond acceptors (Lipinski definition) is 17. The Morgan fingerprint density at radius 2 is 1.47 bits per heavy atom. The van der Waals surface area contributed by atoms with E-state index in [1.165, 1.54) is 70.5 Å². The summed E-state index contributed by atoms with van der Waals surface area (Å²) in [5.41, 5.74) is -0.518. The van der Waals surface area contributed by atoms with Gasteiger partial charge in [0.25, 0.3) is 12.3 Å². The average Bonchev–Trinajstić information content (AvgIpc) is 1.66. The average molecular weight is 1430 g/mol. The summed E-state index contributed by atoms with van der Waals surface area (Å²) < 4.78 is 87.8. The Bertz CT molecular complexity index is 4120. The van der Waals surface area contributed by atoms with E-state index in [2.05, 4.69) is 57.6 Å². The standard InChI is InChI=1S/C72H82F4N11O12PS/c1-71(2,3)52-20-17-43-35-45(52)39-78-62(88)25-21-54(64(90)80-55(36-43)69(95)85-33-31-83(32-34-85)30-28-77-53-16-10-15-50-51(53)40-86(68(50)94)57-23-26-63(89)82-65(57)91)79-66(92)58-22-19-47-27-29-84(42-61(73)74)41-56(70(96)87(47)58)81-67(93)60-38-44-37-46(18-24-59(44)101-60)72(75,76)100(97,98-48-11-6-4-7-12-48)99-49-13-8-5-9-14-49/h4-18,20,24,35,37-38,47,54-58,61,68,77,94H,19,21-23,25-34,36,39-42H2,1-3H3,(H,78,88)(H,79,92)(H,80,90)(H,81,93)(H,82,89,91)/t47-,54+,55+,56+,57?,58+,68?/m1/s1. The molecule has 0 spiro atoms. The quantitative estimate of drug-likeness (QED) is 0.0249. The molecule has 12 rings (SSSR count). The number of imide groups is 1. The highest BCUT2D eigenvalue weighted by atomic mass is 32.1. The monoisotopic (exact) mass is 1430 g/mol. The minimum absolute atomic E-state index is 0.0467. The topological polar surface area (TPSA) is 281 Å². The normalized spacial score (nSPS) is 23.1. The van der Waals surface area contributed by atoms with E-state index in [4.69, 9.17) is 9.05 Å². The summed E-state index contributed by atoms with van der Waals surface area (Å²) in [6.45, 7) is 8.22. The second kappa shape index (κ2) is 30.4. The molecule has 4 saturated heterocycles. The number of carbonyl (C=O) groups excluding carboxylic acids is 8. The number of para-hydroxylation sites is 2. The number of carbonyl (C=O) groups is 8. The SMILES string of the molecule is CC(C)(C)c1ccc2cc1CNC(=O)CC[C@H](NC(=O)[C@@H]1CC[C@@H]3CCN(CC(F)F)C[C@H](NC(=O)c4cc5cc(C(F)(F)P(=O)(Oc6ccccc6)Oc6ccccc6)ccc5s4)C(=O)N31)C(=O)N[C@H](C(=O)N1CCN(CCNc3cccc4c3CN(C3CCC(=O)NC3=O)C4O)CC1)C2. The van der Waals surface area contributed by atoms with Crippen molar-refractivity contribution in [1.82, 2.24) is 51.1 Å². The molecule has 2 unspecified atom stereocenters. The molecule has 536 valence electrons. The zero-order valence-corrected chi connectivity index (χ0v) is 57.9. The van der Waals surface area contributed by atoms with Crippen molar-refractivity contribution in [2.45, 2.75) is 145 Å². The number of hydrogen-bond donors (Lipinski definition) is 7. The molecular weight excluding hydrogens is 1350 g/mol. The van der Waals surface area contributed by atoms with Gasteiger partial charge in [-0.05, 0) is 114 Å². The molecule has 2 bridgehead atoms. The van der Waals surface area contributed by atoms with Crippen molar-refractivity contribution in [2.75, 3.05) is 64.2 Å². The highest BCUT2D eigenvalue weighted by molar-refractivity contribution is 7.55. The predicted octanol–water partition coefficient (Wildman–Crippen LogP) is 7.52. The first-order valence-electron chi connectivity index (χ1n) is 34.1. The van der Waals surface area contributed by atoms with Crippen LogP contribution in [0.15, 0.2) is 121 Å². The van der Waals surface area contributed by atoms with Gasteiger partial charge in [0, 0.05) is 112 Å². The predicted molar refractivity (Wildman–Crippen MR) is 368 cm³/mol. The maximum absolute atomic E-state index is 16.8. The lowest BCUT2D eigenvalue weighted by molar-refractivity contribution is -0.144. The summed E-state index contributed by atoms with van der Waals surface area (Å²) in [7, 11) is -5.43. The second-order valence-electron chi connectivity index (χ2n) is 27.5. The molecule has 0 aliphatic carbocycles. The number of piperazine rings is 1. The molecule has 23 nitrogen and oxygen atoms in total. The molecule has 7 heterocycles. The summed E-state index contributed by atoms with van der Waals surface area (Å²) in [4.78, 5) is 121. The van der Waals surface area contributed by atoms with E-state index < -0.39 is 116 Å². The number of piperidine rings is 1. The Labute approximate surface area is 585 Å². The van der Waals surface area contributed by atoms with E-state index >= 15 is 13.6 Å². The van der Waals surface area contributed by atoms with Gasteiger partial charge in [-0.25, -0.2) is 13.3 Å². The van der Waals surface area contributed by atoms with Gasteiger partial charge >= 0.3 is 13.3 Å². The molecule has 101 heavy (non-hydrogen) atoms. The van der Waals surface area contributed by atoms with E-state index in [-0.39, 0.29) is 97.0 Å². The fourth-order valence-electron chi connectivity index (χ4n) is 14.4. The van der Waals surface area contributed by atoms with Crippen LogP contribution in [0.2, 0.25) is 0 Å². The molecule has 7 N–H and O–H groups in total. The molecule has 8 amide bonds.